The van der Waals surface area contributed by atoms with E-state index in [9.17, 15) is 4.79 Å². The lowest BCUT2D eigenvalue weighted by Gasteiger charge is -2.31. The van der Waals surface area contributed by atoms with Gasteiger partial charge in [-0.1, -0.05) is 13.8 Å². The lowest BCUT2D eigenvalue weighted by atomic mass is 9.94. The molecule has 1 rings (SSSR count). The van der Waals surface area contributed by atoms with Gasteiger partial charge in [-0.05, 0) is 39.0 Å². The summed E-state index contributed by atoms with van der Waals surface area (Å²) in [6.07, 6.45) is 0.644. The van der Waals surface area contributed by atoms with E-state index in [1.807, 2.05) is 0 Å². The maximum absolute atomic E-state index is 11.8. The highest BCUT2D eigenvalue weighted by Gasteiger charge is 2.36. The molecule has 18 heavy (non-hydrogen) atoms. The fourth-order valence-corrected chi connectivity index (χ4v) is 2.66. The summed E-state index contributed by atoms with van der Waals surface area (Å²) in [6, 6.07) is 0.316. The van der Waals surface area contributed by atoms with Gasteiger partial charge in [0.15, 0.2) is 0 Å². The van der Waals surface area contributed by atoms with E-state index in [-0.39, 0.29) is 5.97 Å². The Hall–Kier alpha value is -0.610. The molecule has 0 bridgehead atoms. The number of likely N-dealkylation sites (tertiary alicyclic amines) is 1. The number of nitrogens with zero attached hydrogens (tertiary/aromatic N) is 1. The Morgan fingerprint density at radius 3 is 2.39 bits per heavy atom. The number of carbonyl (C=O) groups excluding carboxylic acids is 1. The van der Waals surface area contributed by atoms with Crippen molar-refractivity contribution in [2.24, 2.45) is 17.6 Å². The fourth-order valence-electron chi connectivity index (χ4n) is 2.66. The summed E-state index contributed by atoms with van der Waals surface area (Å²) in [7, 11) is 0. The monoisotopic (exact) mass is 256 g/mol. The number of ether oxygens (including phenoxy) is 1. The van der Waals surface area contributed by atoms with Crippen LogP contribution in [0.4, 0.5) is 0 Å². The lowest BCUT2D eigenvalue weighted by molar-refractivity contribution is -0.149. The first kappa shape index (κ1) is 15.4. The summed E-state index contributed by atoms with van der Waals surface area (Å²) >= 11 is 0. The number of esters is 1. The Labute approximate surface area is 111 Å². The molecule has 0 spiro atoms. The minimum Gasteiger partial charge on any atom is -0.465 e. The minimum absolute atomic E-state index is 0.294. The number of nitrogens with two attached hydrogens (primary N) is 1. The molecule has 4 nitrogen and oxygen atoms in total. The Balaban J connectivity index is 2.53. The van der Waals surface area contributed by atoms with E-state index >= 15 is 0 Å². The number of hydrogen-bond donors (Lipinski definition) is 1. The van der Waals surface area contributed by atoms with E-state index in [0.29, 0.717) is 19.1 Å². The maximum Gasteiger partial charge on any atom is 0.325 e. The van der Waals surface area contributed by atoms with Crippen molar-refractivity contribution in [1.29, 1.82) is 0 Å². The van der Waals surface area contributed by atoms with Gasteiger partial charge in [-0.2, -0.15) is 0 Å². The molecule has 0 radical (unpaired) electrons. The molecule has 4 unspecified atom stereocenters. The summed E-state index contributed by atoms with van der Waals surface area (Å²) in [5.74, 6) is 1.15. The van der Waals surface area contributed by atoms with E-state index < -0.39 is 5.54 Å². The van der Waals surface area contributed by atoms with Crippen molar-refractivity contribution < 1.29 is 9.53 Å². The van der Waals surface area contributed by atoms with Crippen molar-refractivity contribution in [2.45, 2.75) is 52.6 Å². The van der Waals surface area contributed by atoms with Gasteiger partial charge in [0.1, 0.15) is 5.54 Å². The van der Waals surface area contributed by atoms with Gasteiger partial charge in [-0.3, -0.25) is 4.79 Å². The molecular formula is C14H28N2O2. The van der Waals surface area contributed by atoms with Gasteiger partial charge in [0.25, 0.3) is 0 Å². The molecule has 2 N–H and O–H groups in total. The van der Waals surface area contributed by atoms with Crippen molar-refractivity contribution in [1.82, 2.24) is 4.90 Å². The molecule has 1 saturated heterocycles. The Morgan fingerprint density at radius 2 is 1.94 bits per heavy atom. The van der Waals surface area contributed by atoms with Crippen molar-refractivity contribution in [3.63, 3.8) is 0 Å². The fraction of sp³-hybridized carbons (Fsp3) is 0.929. The molecule has 0 amide bonds. The predicted molar refractivity (Wildman–Crippen MR) is 73.2 cm³/mol. The number of hydrogen-bond acceptors (Lipinski definition) is 4. The summed E-state index contributed by atoms with van der Waals surface area (Å²) in [6.45, 7) is 12.9. The van der Waals surface area contributed by atoms with E-state index in [0.717, 1.165) is 24.9 Å². The molecule has 1 fully saturated rings. The van der Waals surface area contributed by atoms with Crippen LogP contribution in [0.25, 0.3) is 0 Å². The predicted octanol–water partition coefficient (Wildman–Crippen LogP) is 1.63. The van der Waals surface area contributed by atoms with Gasteiger partial charge in [0.2, 0.25) is 0 Å². The third-order valence-corrected chi connectivity index (χ3v) is 4.10. The van der Waals surface area contributed by atoms with Crippen LogP contribution in [-0.4, -0.2) is 42.1 Å². The molecule has 1 heterocycles. The van der Waals surface area contributed by atoms with E-state index in [4.69, 9.17) is 10.5 Å². The summed E-state index contributed by atoms with van der Waals surface area (Å²) in [5, 5.41) is 0. The zero-order chi connectivity index (χ0) is 13.9. The number of carbonyl (C=O) groups is 1. The second-order valence-corrected chi connectivity index (χ2v) is 6.10. The van der Waals surface area contributed by atoms with E-state index in [1.54, 1.807) is 13.8 Å². The third kappa shape index (κ3) is 3.69. The molecular weight excluding hydrogens is 228 g/mol. The second kappa shape index (κ2) is 6.02. The highest BCUT2D eigenvalue weighted by atomic mass is 16.5. The van der Waals surface area contributed by atoms with E-state index in [1.165, 1.54) is 0 Å². The van der Waals surface area contributed by atoms with Crippen molar-refractivity contribution in [2.75, 3.05) is 19.7 Å². The Morgan fingerprint density at radius 1 is 1.44 bits per heavy atom. The van der Waals surface area contributed by atoms with Crippen LogP contribution in [0.2, 0.25) is 0 Å². The molecule has 0 saturated carbocycles. The maximum atomic E-state index is 11.8. The quantitative estimate of drug-likeness (QED) is 0.760. The van der Waals surface area contributed by atoms with Crippen molar-refractivity contribution in [3.8, 4) is 0 Å². The summed E-state index contributed by atoms with van der Waals surface area (Å²) in [5.41, 5.74) is 5.20. The number of rotatable bonds is 5. The van der Waals surface area contributed by atoms with Crippen LogP contribution < -0.4 is 5.73 Å². The zero-order valence-corrected chi connectivity index (χ0v) is 12.4. The second-order valence-electron chi connectivity index (χ2n) is 6.10. The highest BCUT2D eigenvalue weighted by molar-refractivity contribution is 5.80. The van der Waals surface area contributed by atoms with Crippen LogP contribution in [0, 0.1) is 11.8 Å². The van der Waals surface area contributed by atoms with Gasteiger partial charge in [0.05, 0.1) is 6.61 Å². The molecule has 0 aromatic carbocycles. The third-order valence-electron chi connectivity index (χ3n) is 4.10. The molecule has 4 heteroatoms. The smallest absolute Gasteiger partial charge is 0.325 e. The first-order valence-corrected chi connectivity index (χ1v) is 6.98. The Bertz CT molecular complexity index is 282. The molecule has 1 aliphatic rings. The summed E-state index contributed by atoms with van der Waals surface area (Å²) in [4.78, 5) is 14.2. The first-order valence-electron chi connectivity index (χ1n) is 6.98. The van der Waals surface area contributed by atoms with Crippen LogP contribution in [0.3, 0.4) is 0 Å². The van der Waals surface area contributed by atoms with Crippen LogP contribution in [-0.2, 0) is 9.53 Å². The van der Waals surface area contributed by atoms with Gasteiger partial charge in [-0.15, -0.1) is 0 Å². The summed E-state index contributed by atoms with van der Waals surface area (Å²) < 4.78 is 5.03. The van der Waals surface area contributed by atoms with Gasteiger partial charge in [-0.25, -0.2) is 0 Å². The van der Waals surface area contributed by atoms with Gasteiger partial charge < -0.3 is 15.4 Å². The van der Waals surface area contributed by atoms with Crippen LogP contribution in [0.5, 0.6) is 0 Å². The Kier molecular flexibility index (Phi) is 5.17. The average Bonchev–Trinajstić information content (AvgIpc) is 2.59. The molecule has 4 atom stereocenters. The molecule has 0 aliphatic carbocycles. The standard InChI is InChI=1S/C14H28N2O2/c1-6-18-13(17)14(5,15)7-12(4)16-8-10(2)11(3)9-16/h10-12H,6-9,15H2,1-5H3. The normalized spacial score (nSPS) is 29.9. The molecule has 0 aromatic heterocycles. The lowest BCUT2D eigenvalue weighted by Crippen LogP contribution is -2.50. The highest BCUT2D eigenvalue weighted by Crippen LogP contribution is 2.26. The van der Waals surface area contributed by atoms with Gasteiger partial charge in [0, 0.05) is 19.1 Å². The molecule has 1 aliphatic heterocycles. The topological polar surface area (TPSA) is 55.6 Å². The van der Waals surface area contributed by atoms with E-state index in [2.05, 4.69) is 25.7 Å². The van der Waals surface area contributed by atoms with Crippen LogP contribution in [0.15, 0.2) is 0 Å². The van der Waals surface area contributed by atoms with Crippen molar-refractivity contribution in [3.05, 3.63) is 0 Å². The SMILES string of the molecule is CCOC(=O)C(C)(N)CC(C)N1CC(C)C(C)C1. The largest absolute Gasteiger partial charge is 0.465 e. The average molecular weight is 256 g/mol. The van der Waals surface area contributed by atoms with Gasteiger partial charge >= 0.3 is 5.97 Å². The van der Waals surface area contributed by atoms with Crippen molar-refractivity contribution >= 4 is 5.97 Å². The van der Waals surface area contributed by atoms with Crippen LogP contribution >= 0.6 is 0 Å². The van der Waals surface area contributed by atoms with Crippen LogP contribution in [0.1, 0.15) is 41.0 Å². The first-order chi connectivity index (χ1) is 8.27. The minimum atomic E-state index is -0.884. The zero-order valence-electron chi connectivity index (χ0n) is 12.4. The molecule has 0 aromatic rings. The molecule has 106 valence electrons.